The summed E-state index contributed by atoms with van der Waals surface area (Å²) in [5.41, 5.74) is 1.69. The van der Waals surface area contributed by atoms with E-state index in [2.05, 4.69) is 4.99 Å². The monoisotopic (exact) mass is 412 g/mol. The molecule has 1 aliphatic rings. The third kappa shape index (κ3) is 5.26. The molecule has 0 radical (unpaired) electrons. The van der Waals surface area contributed by atoms with E-state index >= 15 is 0 Å². The van der Waals surface area contributed by atoms with Crippen molar-refractivity contribution in [1.82, 2.24) is 4.90 Å². The quantitative estimate of drug-likeness (QED) is 0.589. The van der Waals surface area contributed by atoms with Crippen molar-refractivity contribution >= 4 is 28.9 Å². The number of rotatable bonds is 6. The number of para-hydroxylation sites is 1. The summed E-state index contributed by atoms with van der Waals surface area (Å²) in [6.07, 6.45) is 1.85. The van der Waals surface area contributed by atoms with Gasteiger partial charge in [0, 0.05) is 17.6 Å². The number of thioether (sulfide) groups is 1. The second-order valence-electron chi connectivity index (χ2n) is 7.34. The van der Waals surface area contributed by atoms with Gasteiger partial charge >= 0.3 is 0 Å². The molecule has 2 aromatic carbocycles. The molecule has 1 aliphatic heterocycles. The average molecular weight is 413 g/mol. The van der Waals surface area contributed by atoms with Crippen LogP contribution in [0.4, 0.5) is 4.39 Å². The zero-order valence-electron chi connectivity index (χ0n) is 17.1. The maximum atomic E-state index is 13.1. The van der Waals surface area contributed by atoms with Gasteiger partial charge in [-0.05, 0) is 69.3 Å². The van der Waals surface area contributed by atoms with Gasteiger partial charge in [0.15, 0.2) is 5.17 Å². The molecular weight excluding hydrogens is 387 g/mol. The third-order valence-electron chi connectivity index (χ3n) is 4.24. The van der Waals surface area contributed by atoms with E-state index in [-0.39, 0.29) is 23.8 Å². The van der Waals surface area contributed by atoms with Crippen LogP contribution in [0.1, 0.15) is 38.8 Å². The van der Waals surface area contributed by atoms with Gasteiger partial charge in [-0.2, -0.15) is 0 Å². The predicted molar refractivity (Wildman–Crippen MR) is 117 cm³/mol. The van der Waals surface area contributed by atoms with Gasteiger partial charge in [0.2, 0.25) is 0 Å². The van der Waals surface area contributed by atoms with E-state index in [1.807, 2.05) is 58.0 Å². The fourth-order valence-corrected chi connectivity index (χ4v) is 4.09. The lowest BCUT2D eigenvalue weighted by atomic mass is 10.1. The minimum atomic E-state index is -0.274. The van der Waals surface area contributed by atoms with Gasteiger partial charge in [0.25, 0.3) is 5.91 Å². The first-order chi connectivity index (χ1) is 13.8. The van der Waals surface area contributed by atoms with Gasteiger partial charge < -0.3 is 4.74 Å². The molecule has 152 valence electrons. The first-order valence-electron chi connectivity index (χ1n) is 9.62. The van der Waals surface area contributed by atoms with Gasteiger partial charge in [0.1, 0.15) is 18.2 Å². The molecule has 0 saturated carbocycles. The van der Waals surface area contributed by atoms with E-state index in [9.17, 15) is 9.18 Å². The highest BCUT2D eigenvalue weighted by molar-refractivity contribution is 8.18. The summed E-state index contributed by atoms with van der Waals surface area (Å²) in [7, 11) is 0. The lowest BCUT2D eigenvalue weighted by Crippen LogP contribution is -2.35. The highest BCUT2D eigenvalue weighted by atomic mass is 32.2. The summed E-state index contributed by atoms with van der Waals surface area (Å²) in [6, 6.07) is 13.9. The molecule has 0 N–H and O–H groups in total. The van der Waals surface area contributed by atoms with Crippen LogP contribution in [-0.4, -0.2) is 28.1 Å². The molecular formula is C23H25FN2O2S. The Kier molecular flexibility index (Phi) is 6.75. The number of hydrogen-bond donors (Lipinski definition) is 0. The third-order valence-corrected chi connectivity index (χ3v) is 5.23. The van der Waals surface area contributed by atoms with Crippen molar-refractivity contribution < 1.29 is 13.9 Å². The molecule has 1 heterocycles. The topological polar surface area (TPSA) is 41.9 Å². The van der Waals surface area contributed by atoms with Crippen LogP contribution in [0.25, 0.3) is 6.08 Å². The summed E-state index contributed by atoms with van der Waals surface area (Å²) < 4.78 is 19.0. The lowest BCUT2D eigenvalue weighted by Gasteiger charge is -2.20. The number of ether oxygens (including phenoxy) is 1. The van der Waals surface area contributed by atoms with Crippen molar-refractivity contribution in [3.05, 3.63) is 70.4 Å². The number of carbonyl (C=O) groups excluding carboxylic acids is 1. The Balaban J connectivity index is 1.84. The van der Waals surface area contributed by atoms with Crippen LogP contribution in [0.3, 0.4) is 0 Å². The first kappa shape index (κ1) is 21.1. The number of hydrogen-bond acceptors (Lipinski definition) is 4. The molecule has 6 heteroatoms. The fraction of sp³-hybridized carbons (Fsp3) is 0.304. The van der Waals surface area contributed by atoms with Crippen molar-refractivity contribution in [2.75, 3.05) is 0 Å². The van der Waals surface area contributed by atoms with Crippen LogP contribution in [-0.2, 0) is 11.4 Å². The standard InChI is InChI=1S/C23H25FN2O2S/c1-15(2)25-23-26(16(3)4)22(27)21(29-23)13-18-7-5-6-8-20(18)28-14-17-9-11-19(24)12-10-17/h5-13,15-16H,14H2,1-4H3/b21-13+,25-23?. The Labute approximate surface area is 175 Å². The van der Waals surface area contributed by atoms with Gasteiger partial charge in [-0.3, -0.25) is 14.7 Å². The first-order valence-corrected chi connectivity index (χ1v) is 10.4. The number of amides is 1. The molecule has 0 atom stereocenters. The second-order valence-corrected chi connectivity index (χ2v) is 8.35. The molecule has 0 unspecified atom stereocenters. The van der Waals surface area contributed by atoms with E-state index in [4.69, 9.17) is 4.74 Å². The largest absolute Gasteiger partial charge is 0.488 e. The molecule has 0 bridgehead atoms. The molecule has 2 aromatic rings. The Bertz CT molecular complexity index is 936. The van der Waals surface area contributed by atoms with Crippen LogP contribution in [0.15, 0.2) is 58.4 Å². The molecule has 0 aliphatic carbocycles. The molecule has 1 saturated heterocycles. The summed E-state index contributed by atoms with van der Waals surface area (Å²) in [5, 5.41) is 0.732. The summed E-state index contributed by atoms with van der Waals surface area (Å²) in [6.45, 7) is 8.28. The number of nitrogens with zero attached hydrogens (tertiary/aromatic N) is 2. The Morgan fingerprint density at radius 1 is 1.10 bits per heavy atom. The van der Waals surface area contributed by atoms with Gasteiger partial charge in [-0.25, -0.2) is 4.39 Å². The average Bonchev–Trinajstić information content (AvgIpc) is 2.96. The minimum absolute atomic E-state index is 0.0309. The van der Waals surface area contributed by atoms with E-state index in [1.54, 1.807) is 17.0 Å². The molecule has 1 fully saturated rings. The normalized spacial score (nSPS) is 17.2. The van der Waals surface area contributed by atoms with E-state index in [0.29, 0.717) is 17.3 Å². The number of aliphatic imine (C=N–C) groups is 1. The van der Waals surface area contributed by atoms with Crippen LogP contribution in [0.2, 0.25) is 0 Å². The van der Waals surface area contributed by atoms with Crippen molar-refractivity contribution in [3.8, 4) is 5.75 Å². The van der Waals surface area contributed by atoms with E-state index in [0.717, 1.165) is 16.3 Å². The maximum absolute atomic E-state index is 13.1. The van der Waals surface area contributed by atoms with Crippen molar-refractivity contribution in [2.45, 2.75) is 46.4 Å². The van der Waals surface area contributed by atoms with Crippen LogP contribution >= 0.6 is 11.8 Å². The van der Waals surface area contributed by atoms with Crippen LogP contribution in [0.5, 0.6) is 5.75 Å². The molecule has 0 spiro atoms. The van der Waals surface area contributed by atoms with Crippen molar-refractivity contribution in [3.63, 3.8) is 0 Å². The van der Waals surface area contributed by atoms with E-state index in [1.165, 1.54) is 23.9 Å². The number of benzene rings is 2. The zero-order chi connectivity index (χ0) is 21.0. The fourth-order valence-electron chi connectivity index (χ4n) is 2.87. The minimum Gasteiger partial charge on any atom is -0.488 e. The van der Waals surface area contributed by atoms with Crippen molar-refractivity contribution in [1.29, 1.82) is 0 Å². The Hall–Kier alpha value is -2.60. The van der Waals surface area contributed by atoms with E-state index < -0.39 is 0 Å². The SMILES string of the molecule is CC(C)N=C1S/C(=C/c2ccccc2OCc2ccc(F)cc2)C(=O)N1C(C)C. The van der Waals surface area contributed by atoms with Crippen LogP contribution in [0, 0.1) is 5.82 Å². The van der Waals surface area contributed by atoms with Gasteiger partial charge in [0.05, 0.1) is 4.91 Å². The predicted octanol–water partition coefficient (Wildman–Crippen LogP) is 5.49. The Morgan fingerprint density at radius 2 is 1.79 bits per heavy atom. The second kappa shape index (κ2) is 9.27. The Morgan fingerprint density at radius 3 is 2.45 bits per heavy atom. The van der Waals surface area contributed by atoms with Crippen molar-refractivity contribution in [2.24, 2.45) is 4.99 Å². The maximum Gasteiger partial charge on any atom is 0.266 e. The lowest BCUT2D eigenvalue weighted by molar-refractivity contribution is -0.123. The summed E-state index contributed by atoms with van der Waals surface area (Å²) in [4.78, 5) is 19.9. The smallest absolute Gasteiger partial charge is 0.266 e. The highest BCUT2D eigenvalue weighted by Gasteiger charge is 2.35. The summed E-state index contributed by atoms with van der Waals surface area (Å²) >= 11 is 1.39. The molecule has 0 aromatic heterocycles. The highest BCUT2D eigenvalue weighted by Crippen LogP contribution is 2.35. The van der Waals surface area contributed by atoms with Gasteiger partial charge in [-0.1, -0.05) is 30.3 Å². The summed E-state index contributed by atoms with van der Waals surface area (Å²) in [5.74, 6) is 0.352. The molecule has 4 nitrogen and oxygen atoms in total. The number of amidine groups is 1. The number of halogens is 1. The molecule has 29 heavy (non-hydrogen) atoms. The molecule has 3 rings (SSSR count). The molecule has 1 amide bonds. The number of carbonyl (C=O) groups is 1. The van der Waals surface area contributed by atoms with Gasteiger partial charge in [-0.15, -0.1) is 0 Å². The van der Waals surface area contributed by atoms with Crippen LogP contribution < -0.4 is 4.74 Å². The zero-order valence-corrected chi connectivity index (χ0v) is 17.9.